The number of aromatic nitrogens is 2. The molecule has 0 bridgehead atoms. The minimum atomic E-state index is -0.559. The lowest BCUT2D eigenvalue weighted by molar-refractivity contribution is 0.0668. The smallest absolute Gasteiger partial charge is 0.161 e. The standard InChI is InChI=1S/C24H34N4O3/c1-17(2)28(3)15-19(29)16-31-22-10-9-18(13-23(22)30-4)14-25-12-11-24-26-20-7-5-6-8-21(20)27-24/h5-10,13,17,19,25,29H,11-12,14-16H2,1-4H3,(H,26,27). The van der Waals surface area contributed by atoms with Gasteiger partial charge in [-0.05, 0) is 50.7 Å². The number of hydrogen-bond acceptors (Lipinski definition) is 6. The Morgan fingerprint density at radius 2 is 1.97 bits per heavy atom. The molecule has 31 heavy (non-hydrogen) atoms. The van der Waals surface area contributed by atoms with Gasteiger partial charge in [0.1, 0.15) is 18.5 Å². The molecule has 0 aliphatic heterocycles. The van der Waals surface area contributed by atoms with E-state index in [1.165, 1.54) is 0 Å². The number of aromatic amines is 1. The zero-order valence-corrected chi connectivity index (χ0v) is 18.9. The Hall–Kier alpha value is -2.61. The van der Waals surface area contributed by atoms with Gasteiger partial charge in [0.05, 0.1) is 18.1 Å². The zero-order valence-electron chi connectivity index (χ0n) is 18.9. The van der Waals surface area contributed by atoms with Crippen LogP contribution in [0.5, 0.6) is 11.5 Å². The maximum atomic E-state index is 10.2. The van der Waals surface area contributed by atoms with Crippen LogP contribution in [0.2, 0.25) is 0 Å². The van der Waals surface area contributed by atoms with Gasteiger partial charge in [-0.1, -0.05) is 18.2 Å². The Balaban J connectivity index is 1.46. The summed E-state index contributed by atoms with van der Waals surface area (Å²) in [4.78, 5) is 10.0. The van der Waals surface area contributed by atoms with Crippen molar-refractivity contribution in [2.24, 2.45) is 0 Å². The average Bonchev–Trinajstić information content (AvgIpc) is 3.18. The van der Waals surface area contributed by atoms with Crippen LogP contribution in [-0.2, 0) is 13.0 Å². The van der Waals surface area contributed by atoms with E-state index >= 15 is 0 Å². The van der Waals surface area contributed by atoms with Gasteiger partial charge in [0.15, 0.2) is 11.5 Å². The van der Waals surface area contributed by atoms with Gasteiger partial charge in [-0.25, -0.2) is 4.98 Å². The molecule has 168 valence electrons. The number of methoxy groups -OCH3 is 1. The van der Waals surface area contributed by atoms with E-state index in [4.69, 9.17) is 9.47 Å². The zero-order chi connectivity index (χ0) is 22.2. The van der Waals surface area contributed by atoms with Crippen molar-refractivity contribution in [1.29, 1.82) is 0 Å². The lowest BCUT2D eigenvalue weighted by Gasteiger charge is -2.24. The topological polar surface area (TPSA) is 82.6 Å². The number of rotatable bonds is 12. The number of H-pyrrole nitrogens is 1. The number of benzene rings is 2. The van der Waals surface area contributed by atoms with Gasteiger partial charge in [0.2, 0.25) is 0 Å². The van der Waals surface area contributed by atoms with Crippen molar-refractivity contribution in [3.8, 4) is 11.5 Å². The summed E-state index contributed by atoms with van der Waals surface area (Å²) in [5.74, 6) is 2.29. The monoisotopic (exact) mass is 426 g/mol. The van der Waals surface area contributed by atoms with E-state index in [0.29, 0.717) is 24.1 Å². The van der Waals surface area contributed by atoms with Gasteiger partial charge >= 0.3 is 0 Å². The largest absolute Gasteiger partial charge is 0.493 e. The molecule has 0 aliphatic carbocycles. The number of para-hydroxylation sites is 2. The van der Waals surface area contributed by atoms with Crippen molar-refractivity contribution in [3.05, 3.63) is 53.9 Å². The normalized spacial score (nSPS) is 12.6. The highest BCUT2D eigenvalue weighted by molar-refractivity contribution is 5.74. The van der Waals surface area contributed by atoms with Gasteiger partial charge < -0.3 is 29.8 Å². The van der Waals surface area contributed by atoms with E-state index in [2.05, 4.69) is 34.0 Å². The van der Waals surface area contributed by atoms with Crippen LogP contribution >= 0.6 is 0 Å². The fraction of sp³-hybridized carbons (Fsp3) is 0.458. The van der Waals surface area contributed by atoms with Crippen LogP contribution in [0.15, 0.2) is 42.5 Å². The molecular weight excluding hydrogens is 392 g/mol. The average molecular weight is 427 g/mol. The number of nitrogens with one attached hydrogen (secondary N) is 2. The SMILES string of the molecule is COc1cc(CNCCc2nc3ccccc3[nH]2)ccc1OCC(O)CN(C)C(C)C. The van der Waals surface area contributed by atoms with E-state index in [1.807, 2.05) is 49.5 Å². The van der Waals surface area contributed by atoms with Crippen molar-refractivity contribution >= 4 is 11.0 Å². The van der Waals surface area contributed by atoms with Crippen LogP contribution in [0.1, 0.15) is 25.2 Å². The van der Waals surface area contributed by atoms with Gasteiger partial charge in [0, 0.05) is 32.1 Å². The van der Waals surface area contributed by atoms with Gasteiger partial charge in [0.25, 0.3) is 0 Å². The summed E-state index contributed by atoms with van der Waals surface area (Å²) in [6.07, 6.45) is 0.270. The third kappa shape index (κ3) is 6.69. The predicted octanol–water partition coefficient (Wildman–Crippen LogP) is 2.98. The molecule has 1 atom stereocenters. The van der Waals surface area contributed by atoms with E-state index < -0.39 is 6.10 Å². The van der Waals surface area contributed by atoms with E-state index in [0.717, 1.165) is 41.9 Å². The number of likely N-dealkylation sites (N-methyl/N-ethyl adjacent to an activating group) is 1. The quantitative estimate of drug-likeness (QED) is 0.386. The van der Waals surface area contributed by atoms with E-state index in [-0.39, 0.29) is 6.61 Å². The first-order valence-electron chi connectivity index (χ1n) is 10.8. The van der Waals surface area contributed by atoms with Crippen molar-refractivity contribution in [3.63, 3.8) is 0 Å². The first kappa shape index (κ1) is 23.1. The van der Waals surface area contributed by atoms with E-state index in [9.17, 15) is 5.11 Å². The second-order valence-corrected chi connectivity index (χ2v) is 8.11. The molecule has 3 aromatic rings. The van der Waals surface area contributed by atoms with Crippen LogP contribution < -0.4 is 14.8 Å². The molecule has 3 N–H and O–H groups in total. The van der Waals surface area contributed by atoms with E-state index in [1.54, 1.807) is 7.11 Å². The molecule has 0 fully saturated rings. The molecule has 7 nitrogen and oxygen atoms in total. The Bertz CT molecular complexity index is 924. The predicted molar refractivity (Wildman–Crippen MR) is 124 cm³/mol. The first-order valence-corrected chi connectivity index (χ1v) is 10.8. The minimum absolute atomic E-state index is 0.225. The molecule has 0 amide bonds. The molecule has 1 aromatic heterocycles. The van der Waals surface area contributed by atoms with Crippen molar-refractivity contribution in [2.45, 2.75) is 39.0 Å². The third-order valence-corrected chi connectivity index (χ3v) is 5.35. The molecular formula is C24H34N4O3. The fourth-order valence-corrected chi connectivity index (χ4v) is 3.29. The van der Waals surface area contributed by atoms with Crippen LogP contribution in [-0.4, -0.2) is 66.0 Å². The van der Waals surface area contributed by atoms with Crippen LogP contribution in [0, 0.1) is 0 Å². The second-order valence-electron chi connectivity index (χ2n) is 8.11. The fourth-order valence-electron chi connectivity index (χ4n) is 3.29. The molecule has 3 rings (SSSR count). The minimum Gasteiger partial charge on any atom is -0.493 e. The Kier molecular flexibility index (Phi) is 8.28. The highest BCUT2D eigenvalue weighted by atomic mass is 16.5. The third-order valence-electron chi connectivity index (χ3n) is 5.35. The summed E-state index contributed by atoms with van der Waals surface area (Å²) < 4.78 is 11.3. The number of fused-ring (bicyclic) bond motifs is 1. The number of nitrogens with zero attached hydrogens (tertiary/aromatic N) is 2. The molecule has 0 radical (unpaired) electrons. The van der Waals surface area contributed by atoms with Crippen molar-refractivity contribution < 1.29 is 14.6 Å². The van der Waals surface area contributed by atoms with Crippen LogP contribution in [0.3, 0.4) is 0 Å². The van der Waals surface area contributed by atoms with Crippen LogP contribution in [0.4, 0.5) is 0 Å². The highest BCUT2D eigenvalue weighted by Crippen LogP contribution is 2.28. The number of imidazole rings is 1. The maximum absolute atomic E-state index is 10.2. The first-order chi connectivity index (χ1) is 15.0. The number of hydrogen-bond donors (Lipinski definition) is 3. The highest BCUT2D eigenvalue weighted by Gasteiger charge is 2.13. The lowest BCUT2D eigenvalue weighted by atomic mass is 10.2. The molecule has 0 aliphatic rings. The van der Waals surface area contributed by atoms with Crippen molar-refractivity contribution in [2.75, 3.05) is 33.9 Å². The summed E-state index contributed by atoms with van der Waals surface area (Å²) in [7, 11) is 3.62. The summed E-state index contributed by atoms with van der Waals surface area (Å²) in [6, 6.07) is 14.3. The molecule has 7 heteroatoms. The van der Waals surface area contributed by atoms with Gasteiger partial charge in [-0.3, -0.25) is 0 Å². The number of ether oxygens (including phenoxy) is 2. The molecule has 0 spiro atoms. The summed E-state index contributed by atoms with van der Waals surface area (Å²) >= 11 is 0. The summed E-state index contributed by atoms with van der Waals surface area (Å²) in [5, 5.41) is 13.7. The maximum Gasteiger partial charge on any atom is 0.161 e. The Morgan fingerprint density at radius 3 is 2.71 bits per heavy atom. The summed E-state index contributed by atoms with van der Waals surface area (Å²) in [5.41, 5.74) is 3.17. The number of aliphatic hydroxyl groups is 1. The van der Waals surface area contributed by atoms with Gasteiger partial charge in [-0.15, -0.1) is 0 Å². The molecule has 1 heterocycles. The number of aliphatic hydroxyl groups excluding tert-OH is 1. The van der Waals surface area contributed by atoms with Gasteiger partial charge in [-0.2, -0.15) is 0 Å². The molecule has 0 saturated heterocycles. The Labute approximate surface area is 184 Å². The second kappa shape index (κ2) is 11.1. The molecule has 2 aromatic carbocycles. The summed E-state index contributed by atoms with van der Waals surface area (Å²) in [6.45, 7) is 6.52. The Morgan fingerprint density at radius 1 is 1.16 bits per heavy atom. The lowest BCUT2D eigenvalue weighted by Crippen LogP contribution is -2.36. The van der Waals surface area contributed by atoms with Crippen molar-refractivity contribution in [1.82, 2.24) is 20.2 Å². The molecule has 1 unspecified atom stereocenters. The van der Waals surface area contributed by atoms with Crippen LogP contribution in [0.25, 0.3) is 11.0 Å². The molecule has 0 saturated carbocycles.